The van der Waals surface area contributed by atoms with Gasteiger partial charge >= 0.3 is 0 Å². The second-order valence-electron chi connectivity index (χ2n) is 2.86. The molecule has 0 aliphatic heterocycles. The summed E-state index contributed by atoms with van der Waals surface area (Å²) in [5, 5.41) is 2.11. The third kappa shape index (κ3) is 2.93. The fourth-order valence-electron chi connectivity index (χ4n) is 0.929. The van der Waals surface area contributed by atoms with Gasteiger partial charge in [0.2, 0.25) is 0 Å². The van der Waals surface area contributed by atoms with Crippen molar-refractivity contribution in [3.63, 3.8) is 0 Å². The molecule has 0 unspecified atom stereocenters. The van der Waals surface area contributed by atoms with E-state index in [0.717, 1.165) is 18.9 Å². The molecule has 0 saturated carbocycles. The minimum Gasteiger partial charge on any atom is -0.488 e. The van der Waals surface area contributed by atoms with Crippen LogP contribution in [0.4, 0.5) is 0 Å². The standard InChI is InChI=1S/C10H15NO/c1-9-3-5-10(6-4-9)12-8-7-11-2/h3-6,11H,7-8H2,1-2H3/p+1. The number of hydrogen-bond acceptors (Lipinski definition) is 1. The van der Waals surface area contributed by atoms with Crippen LogP contribution in [-0.2, 0) is 0 Å². The van der Waals surface area contributed by atoms with E-state index in [1.165, 1.54) is 5.56 Å². The Labute approximate surface area is 73.6 Å². The first-order chi connectivity index (χ1) is 5.83. The maximum Gasteiger partial charge on any atom is 0.137 e. The zero-order valence-corrected chi connectivity index (χ0v) is 7.71. The van der Waals surface area contributed by atoms with Gasteiger partial charge < -0.3 is 10.1 Å². The fourth-order valence-corrected chi connectivity index (χ4v) is 0.929. The van der Waals surface area contributed by atoms with Gasteiger partial charge in [0, 0.05) is 0 Å². The molecule has 0 radical (unpaired) electrons. The van der Waals surface area contributed by atoms with Crippen LogP contribution in [0.3, 0.4) is 0 Å². The molecule has 1 aromatic carbocycles. The molecular formula is C10H16NO+. The van der Waals surface area contributed by atoms with E-state index in [1.807, 2.05) is 19.2 Å². The summed E-state index contributed by atoms with van der Waals surface area (Å²) in [6.07, 6.45) is 0. The molecule has 0 heterocycles. The topological polar surface area (TPSA) is 25.8 Å². The highest BCUT2D eigenvalue weighted by atomic mass is 16.5. The summed E-state index contributed by atoms with van der Waals surface area (Å²) >= 11 is 0. The largest absolute Gasteiger partial charge is 0.488 e. The van der Waals surface area contributed by atoms with Crippen molar-refractivity contribution < 1.29 is 10.1 Å². The molecule has 0 atom stereocenters. The monoisotopic (exact) mass is 166 g/mol. The van der Waals surface area contributed by atoms with E-state index < -0.39 is 0 Å². The second-order valence-corrected chi connectivity index (χ2v) is 2.86. The quantitative estimate of drug-likeness (QED) is 0.650. The fraction of sp³-hybridized carbons (Fsp3) is 0.400. The smallest absolute Gasteiger partial charge is 0.137 e. The lowest BCUT2D eigenvalue weighted by molar-refractivity contribution is -0.627. The number of ether oxygens (including phenoxy) is 1. The van der Waals surface area contributed by atoms with E-state index in [2.05, 4.69) is 24.4 Å². The Balaban J connectivity index is 2.37. The number of nitrogens with two attached hydrogens (primary N) is 1. The normalized spacial score (nSPS) is 9.83. The van der Waals surface area contributed by atoms with Gasteiger partial charge in [-0.25, -0.2) is 0 Å². The molecule has 0 amide bonds. The zero-order valence-electron chi connectivity index (χ0n) is 7.71. The van der Waals surface area contributed by atoms with E-state index in [-0.39, 0.29) is 0 Å². The lowest BCUT2D eigenvalue weighted by Crippen LogP contribution is -2.80. The zero-order chi connectivity index (χ0) is 8.81. The Hall–Kier alpha value is -1.02. The lowest BCUT2D eigenvalue weighted by atomic mass is 10.2. The van der Waals surface area contributed by atoms with Crippen molar-refractivity contribution in [2.45, 2.75) is 6.92 Å². The molecule has 12 heavy (non-hydrogen) atoms. The summed E-state index contributed by atoms with van der Waals surface area (Å²) in [4.78, 5) is 0. The van der Waals surface area contributed by atoms with E-state index in [4.69, 9.17) is 4.74 Å². The van der Waals surface area contributed by atoms with E-state index in [9.17, 15) is 0 Å². The molecule has 0 aromatic heterocycles. The van der Waals surface area contributed by atoms with Crippen molar-refractivity contribution in [1.29, 1.82) is 0 Å². The predicted octanol–water partition coefficient (Wildman–Crippen LogP) is 0.567. The molecule has 0 spiro atoms. The van der Waals surface area contributed by atoms with Gasteiger partial charge in [-0.05, 0) is 19.1 Å². The molecular weight excluding hydrogens is 150 g/mol. The van der Waals surface area contributed by atoms with Crippen LogP contribution in [0.1, 0.15) is 5.56 Å². The van der Waals surface area contributed by atoms with Gasteiger partial charge in [-0.2, -0.15) is 0 Å². The molecule has 2 nitrogen and oxygen atoms in total. The van der Waals surface area contributed by atoms with Crippen molar-refractivity contribution in [3.8, 4) is 5.75 Å². The summed E-state index contributed by atoms with van der Waals surface area (Å²) in [5.74, 6) is 0.961. The molecule has 1 aromatic rings. The van der Waals surface area contributed by atoms with Crippen molar-refractivity contribution >= 4 is 0 Å². The van der Waals surface area contributed by atoms with E-state index in [0.29, 0.717) is 0 Å². The third-order valence-corrected chi connectivity index (χ3v) is 1.70. The molecule has 2 N–H and O–H groups in total. The number of hydrogen-bond donors (Lipinski definition) is 1. The molecule has 0 bridgehead atoms. The Morgan fingerprint density at radius 3 is 2.50 bits per heavy atom. The molecule has 0 aliphatic carbocycles. The Kier molecular flexibility index (Phi) is 3.61. The van der Waals surface area contributed by atoms with Crippen LogP contribution in [0.5, 0.6) is 5.75 Å². The SMILES string of the molecule is C[NH2+]CCOc1ccc(C)cc1. The van der Waals surface area contributed by atoms with E-state index in [1.54, 1.807) is 0 Å². The number of benzene rings is 1. The summed E-state index contributed by atoms with van der Waals surface area (Å²) in [7, 11) is 2.04. The first-order valence-corrected chi connectivity index (χ1v) is 4.30. The molecule has 1 rings (SSSR count). The van der Waals surface area contributed by atoms with Gasteiger partial charge in [-0.1, -0.05) is 17.7 Å². The minimum absolute atomic E-state index is 0.777. The summed E-state index contributed by atoms with van der Waals surface area (Å²) in [6, 6.07) is 8.13. The maximum absolute atomic E-state index is 5.47. The highest BCUT2D eigenvalue weighted by Gasteiger charge is 1.91. The number of rotatable bonds is 4. The summed E-state index contributed by atoms with van der Waals surface area (Å²) < 4.78 is 5.47. The van der Waals surface area contributed by atoms with Crippen LogP contribution in [0, 0.1) is 6.92 Å². The summed E-state index contributed by atoms with van der Waals surface area (Å²) in [6.45, 7) is 3.86. The van der Waals surface area contributed by atoms with Gasteiger partial charge in [-0.15, -0.1) is 0 Å². The lowest BCUT2D eigenvalue weighted by Gasteiger charge is -2.03. The van der Waals surface area contributed by atoms with Crippen molar-refractivity contribution in [2.24, 2.45) is 0 Å². The maximum atomic E-state index is 5.47. The average molecular weight is 166 g/mol. The van der Waals surface area contributed by atoms with Gasteiger partial charge in [0.15, 0.2) is 0 Å². The third-order valence-electron chi connectivity index (χ3n) is 1.70. The first-order valence-electron chi connectivity index (χ1n) is 4.30. The van der Waals surface area contributed by atoms with Crippen molar-refractivity contribution in [1.82, 2.24) is 0 Å². The van der Waals surface area contributed by atoms with Gasteiger partial charge in [0.25, 0.3) is 0 Å². The van der Waals surface area contributed by atoms with Crippen LogP contribution in [0.25, 0.3) is 0 Å². The molecule has 0 fully saturated rings. The highest BCUT2D eigenvalue weighted by Crippen LogP contribution is 2.10. The van der Waals surface area contributed by atoms with Gasteiger partial charge in [0.05, 0.1) is 7.05 Å². The minimum atomic E-state index is 0.777. The average Bonchev–Trinajstić information content (AvgIpc) is 2.09. The number of aryl methyl sites for hydroxylation is 1. The van der Waals surface area contributed by atoms with Gasteiger partial charge in [-0.3, -0.25) is 0 Å². The summed E-state index contributed by atoms with van der Waals surface area (Å²) in [5.41, 5.74) is 1.27. The molecule has 0 saturated heterocycles. The number of likely N-dealkylation sites (N-methyl/N-ethyl adjacent to an activating group) is 1. The van der Waals surface area contributed by atoms with Crippen LogP contribution in [0.2, 0.25) is 0 Å². The van der Waals surface area contributed by atoms with Gasteiger partial charge in [0.1, 0.15) is 18.9 Å². The van der Waals surface area contributed by atoms with Crippen LogP contribution >= 0.6 is 0 Å². The Morgan fingerprint density at radius 1 is 1.25 bits per heavy atom. The van der Waals surface area contributed by atoms with Crippen molar-refractivity contribution in [3.05, 3.63) is 29.8 Å². The van der Waals surface area contributed by atoms with Crippen LogP contribution < -0.4 is 10.1 Å². The van der Waals surface area contributed by atoms with Crippen molar-refractivity contribution in [2.75, 3.05) is 20.2 Å². The molecule has 2 heteroatoms. The van der Waals surface area contributed by atoms with Crippen LogP contribution in [-0.4, -0.2) is 20.2 Å². The Bertz CT molecular complexity index is 218. The number of quaternary nitrogens is 1. The Morgan fingerprint density at radius 2 is 1.92 bits per heavy atom. The molecule has 0 aliphatic rings. The van der Waals surface area contributed by atoms with E-state index >= 15 is 0 Å². The second kappa shape index (κ2) is 4.78. The molecule has 66 valence electrons. The first kappa shape index (κ1) is 9.07. The highest BCUT2D eigenvalue weighted by molar-refractivity contribution is 5.26. The predicted molar refractivity (Wildman–Crippen MR) is 49.4 cm³/mol. The van der Waals surface area contributed by atoms with Crippen LogP contribution in [0.15, 0.2) is 24.3 Å².